The van der Waals surface area contributed by atoms with Crippen LogP contribution in [0.3, 0.4) is 0 Å². The van der Waals surface area contributed by atoms with Gasteiger partial charge in [0, 0.05) is 5.69 Å². The van der Waals surface area contributed by atoms with Crippen molar-refractivity contribution in [2.75, 3.05) is 11.9 Å². The lowest BCUT2D eigenvalue weighted by atomic mass is 10.1. The number of amides is 1. The maximum atomic E-state index is 12.1. The summed E-state index contributed by atoms with van der Waals surface area (Å²) in [5, 5.41) is 4.88. The minimum absolute atomic E-state index is 0.320. The quantitative estimate of drug-likeness (QED) is 0.726. The van der Waals surface area contributed by atoms with Gasteiger partial charge in [0.25, 0.3) is 5.91 Å². The average molecular weight is 333 g/mol. The van der Waals surface area contributed by atoms with Crippen molar-refractivity contribution in [3.63, 3.8) is 0 Å². The van der Waals surface area contributed by atoms with Crippen LogP contribution in [-0.4, -0.2) is 18.5 Å². The monoisotopic (exact) mass is 333 g/mol. The summed E-state index contributed by atoms with van der Waals surface area (Å²) in [7, 11) is 0. The molecule has 3 rings (SSSR count). The molecule has 0 spiro atoms. The molecule has 4 nitrogen and oxygen atoms in total. The summed E-state index contributed by atoms with van der Waals surface area (Å²) in [6.45, 7) is 3.42. The lowest BCUT2D eigenvalue weighted by Crippen LogP contribution is -2.21. The molecule has 0 saturated carbocycles. The number of hydrogen-bond donors (Lipinski definition) is 1. The lowest BCUT2D eigenvalue weighted by molar-refractivity contribution is -0.119. The molecule has 25 heavy (non-hydrogen) atoms. The standard InChI is InChI=1S/C21H19NO3/c1-14-7-8-15(2)19(11-14)21(24)25-13-20(23)22-18-10-9-16-5-3-4-6-17(16)12-18/h3-12H,13H2,1-2H3,(H,22,23). The minimum Gasteiger partial charge on any atom is -0.452 e. The van der Waals surface area contributed by atoms with Gasteiger partial charge in [-0.25, -0.2) is 4.79 Å². The van der Waals surface area contributed by atoms with E-state index < -0.39 is 5.97 Å². The van der Waals surface area contributed by atoms with Gasteiger partial charge in [0.2, 0.25) is 0 Å². The van der Waals surface area contributed by atoms with Crippen molar-refractivity contribution < 1.29 is 14.3 Å². The second-order valence-corrected chi connectivity index (χ2v) is 6.00. The van der Waals surface area contributed by atoms with Crippen molar-refractivity contribution in [2.24, 2.45) is 0 Å². The number of rotatable bonds is 4. The number of carbonyl (C=O) groups is 2. The molecule has 0 aliphatic rings. The Morgan fingerprint density at radius 2 is 1.68 bits per heavy atom. The molecule has 0 aliphatic carbocycles. The zero-order chi connectivity index (χ0) is 17.8. The van der Waals surface area contributed by atoms with E-state index in [1.807, 2.05) is 68.4 Å². The molecular weight excluding hydrogens is 314 g/mol. The van der Waals surface area contributed by atoms with Crippen LogP contribution in [0.2, 0.25) is 0 Å². The van der Waals surface area contributed by atoms with Crippen LogP contribution in [-0.2, 0) is 9.53 Å². The highest BCUT2D eigenvalue weighted by Crippen LogP contribution is 2.19. The predicted molar refractivity (Wildman–Crippen MR) is 98.8 cm³/mol. The third-order valence-corrected chi connectivity index (χ3v) is 3.98. The highest BCUT2D eigenvalue weighted by Gasteiger charge is 2.13. The van der Waals surface area contributed by atoms with Crippen LogP contribution in [0.5, 0.6) is 0 Å². The zero-order valence-electron chi connectivity index (χ0n) is 14.2. The normalized spacial score (nSPS) is 10.5. The maximum Gasteiger partial charge on any atom is 0.338 e. The number of fused-ring (bicyclic) bond motifs is 1. The fraction of sp³-hybridized carbons (Fsp3) is 0.143. The van der Waals surface area contributed by atoms with E-state index in [1.54, 1.807) is 6.07 Å². The summed E-state index contributed by atoms with van der Waals surface area (Å²) in [5.74, 6) is -0.858. The first-order chi connectivity index (χ1) is 12.0. The van der Waals surface area contributed by atoms with Crippen molar-refractivity contribution in [1.82, 2.24) is 0 Å². The topological polar surface area (TPSA) is 55.4 Å². The molecule has 0 unspecified atom stereocenters. The van der Waals surface area contributed by atoms with E-state index in [0.717, 1.165) is 21.9 Å². The van der Waals surface area contributed by atoms with E-state index in [4.69, 9.17) is 4.74 Å². The number of anilines is 1. The predicted octanol–water partition coefficient (Wildman–Crippen LogP) is 4.25. The van der Waals surface area contributed by atoms with E-state index in [-0.39, 0.29) is 12.5 Å². The Morgan fingerprint density at radius 3 is 2.48 bits per heavy atom. The van der Waals surface area contributed by atoms with E-state index in [0.29, 0.717) is 11.3 Å². The Balaban J connectivity index is 1.62. The van der Waals surface area contributed by atoms with Gasteiger partial charge in [-0.05, 0) is 48.4 Å². The Kier molecular flexibility index (Phi) is 4.80. The van der Waals surface area contributed by atoms with Crippen LogP contribution in [0.15, 0.2) is 60.7 Å². The van der Waals surface area contributed by atoms with E-state index in [1.165, 1.54) is 0 Å². The molecule has 1 N–H and O–H groups in total. The number of aryl methyl sites for hydroxylation is 2. The van der Waals surface area contributed by atoms with Crippen molar-refractivity contribution in [3.8, 4) is 0 Å². The highest BCUT2D eigenvalue weighted by atomic mass is 16.5. The largest absolute Gasteiger partial charge is 0.452 e. The van der Waals surface area contributed by atoms with Gasteiger partial charge in [0.05, 0.1) is 5.56 Å². The van der Waals surface area contributed by atoms with Gasteiger partial charge >= 0.3 is 5.97 Å². The van der Waals surface area contributed by atoms with Gasteiger partial charge in [-0.2, -0.15) is 0 Å². The van der Waals surface area contributed by atoms with Crippen LogP contribution in [0.25, 0.3) is 10.8 Å². The molecule has 0 fully saturated rings. The van der Waals surface area contributed by atoms with Crippen molar-refractivity contribution in [1.29, 1.82) is 0 Å². The lowest BCUT2D eigenvalue weighted by Gasteiger charge is -2.09. The third kappa shape index (κ3) is 4.04. The molecule has 0 bridgehead atoms. The summed E-state index contributed by atoms with van der Waals surface area (Å²) in [4.78, 5) is 24.2. The first-order valence-electron chi connectivity index (χ1n) is 8.06. The van der Waals surface area contributed by atoms with Gasteiger partial charge in [0.15, 0.2) is 6.61 Å². The van der Waals surface area contributed by atoms with E-state index in [9.17, 15) is 9.59 Å². The van der Waals surface area contributed by atoms with E-state index >= 15 is 0 Å². The molecule has 0 aliphatic heterocycles. The average Bonchev–Trinajstić information content (AvgIpc) is 2.61. The number of nitrogens with one attached hydrogen (secondary N) is 1. The fourth-order valence-corrected chi connectivity index (χ4v) is 2.63. The molecule has 0 aromatic heterocycles. The van der Waals surface area contributed by atoms with Crippen LogP contribution in [0.1, 0.15) is 21.5 Å². The van der Waals surface area contributed by atoms with Gasteiger partial charge in [-0.3, -0.25) is 4.79 Å². The Hall–Kier alpha value is -3.14. The van der Waals surface area contributed by atoms with Crippen LogP contribution >= 0.6 is 0 Å². The van der Waals surface area contributed by atoms with Gasteiger partial charge in [-0.1, -0.05) is 48.0 Å². The van der Waals surface area contributed by atoms with Gasteiger partial charge in [-0.15, -0.1) is 0 Å². The van der Waals surface area contributed by atoms with Crippen LogP contribution < -0.4 is 5.32 Å². The molecule has 1 amide bonds. The Bertz CT molecular complexity index is 947. The van der Waals surface area contributed by atoms with Crippen molar-refractivity contribution in [2.45, 2.75) is 13.8 Å². The maximum absolute atomic E-state index is 12.1. The molecule has 0 atom stereocenters. The SMILES string of the molecule is Cc1ccc(C)c(C(=O)OCC(=O)Nc2ccc3ccccc3c2)c1. The molecule has 3 aromatic carbocycles. The second-order valence-electron chi connectivity index (χ2n) is 6.00. The van der Waals surface area contributed by atoms with Crippen molar-refractivity contribution >= 4 is 28.3 Å². The van der Waals surface area contributed by atoms with Crippen LogP contribution in [0.4, 0.5) is 5.69 Å². The Labute approximate surface area is 146 Å². The number of esters is 1. The van der Waals surface area contributed by atoms with Crippen LogP contribution in [0, 0.1) is 13.8 Å². The summed E-state index contributed by atoms with van der Waals surface area (Å²) < 4.78 is 5.13. The summed E-state index contributed by atoms with van der Waals surface area (Å²) >= 11 is 0. The first kappa shape index (κ1) is 16.7. The summed E-state index contributed by atoms with van der Waals surface area (Å²) in [6.07, 6.45) is 0. The molecular formula is C21H19NO3. The number of benzene rings is 3. The molecule has 126 valence electrons. The second kappa shape index (κ2) is 7.18. The zero-order valence-corrected chi connectivity index (χ0v) is 14.2. The summed E-state index contributed by atoms with van der Waals surface area (Å²) in [6, 6.07) is 19.1. The first-order valence-corrected chi connectivity index (χ1v) is 8.06. The fourth-order valence-electron chi connectivity index (χ4n) is 2.63. The smallest absolute Gasteiger partial charge is 0.338 e. The molecule has 4 heteroatoms. The van der Waals surface area contributed by atoms with Crippen molar-refractivity contribution in [3.05, 3.63) is 77.4 Å². The molecule has 3 aromatic rings. The third-order valence-electron chi connectivity index (χ3n) is 3.98. The molecule has 0 saturated heterocycles. The molecule has 0 heterocycles. The number of carbonyl (C=O) groups excluding carboxylic acids is 2. The highest BCUT2D eigenvalue weighted by molar-refractivity contribution is 5.97. The van der Waals surface area contributed by atoms with Gasteiger partial charge < -0.3 is 10.1 Å². The Morgan fingerprint density at radius 1 is 0.920 bits per heavy atom. The number of hydrogen-bond acceptors (Lipinski definition) is 3. The van der Waals surface area contributed by atoms with E-state index in [2.05, 4.69) is 5.32 Å². The minimum atomic E-state index is -0.491. The number of ether oxygens (including phenoxy) is 1. The van der Waals surface area contributed by atoms with Gasteiger partial charge in [0.1, 0.15) is 0 Å². The summed E-state index contributed by atoms with van der Waals surface area (Å²) in [5.41, 5.74) is 2.95. The molecule has 0 radical (unpaired) electrons.